The SMILES string of the molecule is CCO[C@H]1CCCN(c2ccc(S(=O)(=O)CC)cc2)C1. The van der Waals surface area contributed by atoms with Crippen LogP contribution in [0.4, 0.5) is 5.69 Å². The van der Waals surface area contributed by atoms with Crippen molar-refractivity contribution in [3.63, 3.8) is 0 Å². The van der Waals surface area contributed by atoms with E-state index >= 15 is 0 Å². The summed E-state index contributed by atoms with van der Waals surface area (Å²) in [6.07, 6.45) is 2.50. The minimum atomic E-state index is -3.11. The van der Waals surface area contributed by atoms with E-state index < -0.39 is 9.84 Å². The van der Waals surface area contributed by atoms with Gasteiger partial charge in [0, 0.05) is 25.4 Å². The minimum absolute atomic E-state index is 0.141. The Hall–Kier alpha value is -1.07. The number of rotatable bonds is 5. The van der Waals surface area contributed by atoms with Crippen molar-refractivity contribution in [1.29, 1.82) is 0 Å². The molecule has 1 heterocycles. The Balaban J connectivity index is 2.10. The first-order chi connectivity index (χ1) is 9.56. The maximum absolute atomic E-state index is 11.8. The summed E-state index contributed by atoms with van der Waals surface area (Å²) >= 11 is 0. The third-order valence-electron chi connectivity index (χ3n) is 3.72. The number of hydrogen-bond acceptors (Lipinski definition) is 4. The molecule has 4 nitrogen and oxygen atoms in total. The lowest BCUT2D eigenvalue weighted by Crippen LogP contribution is -2.39. The first-order valence-corrected chi connectivity index (χ1v) is 8.91. The number of anilines is 1. The molecule has 0 saturated carbocycles. The van der Waals surface area contributed by atoms with Crippen LogP contribution in [0.5, 0.6) is 0 Å². The lowest BCUT2D eigenvalue weighted by atomic mass is 10.1. The minimum Gasteiger partial charge on any atom is -0.377 e. The molecule has 0 spiro atoms. The molecule has 0 aromatic heterocycles. The second-order valence-corrected chi connectivity index (χ2v) is 7.34. The van der Waals surface area contributed by atoms with E-state index in [4.69, 9.17) is 4.74 Å². The zero-order chi connectivity index (χ0) is 14.6. The van der Waals surface area contributed by atoms with E-state index in [2.05, 4.69) is 4.90 Å². The zero-order valence-corrected chi connectivity index (χ0v) is 13.0. The van der Waals surface area contributed by atoms with E-state index in [9.17, 15) is 8.42 Å². The van der Waals surface area contributed by atoms with E-state index in [-0.39, 0.29) is 11.9 Å². The molecule has 20 heavy (non-hydrogen) atoms. The van der Waals surface area contributed by atoms with Gasteiger partial charge in [-0.15, -0.1) is 0 Å². The fourth-order valence-corrected chi connectivity index (χ4v) is 3.46. The molecule has 1 fully saturated rings. The zero-order valence-electron chi connectivity index (χ0n) is 12.2. The molecule has 1 saturated heterocycles. The fraction of sp³-hybridized carbons (Fsp3) is 0.600. The molecular formula is C15H23NO3S. The number of nitrogens with zero attached hydrogens (tertiary/aromatic N) is 1. The Labute approximate surface area is 121 Å². The van der Waals surface area contributed by atoms with Gasteiger partial charge in [0.1, 0.15) is 0 Å². The average molecular weight is 297 g/mol. The van der Waals surface area contributed by atoms with Gasteiger partial charge in [0.15, 0.2) is 9.84 Å². The average Bonchev–Trinajstić information content (AvgIpc) is 2.48. The van der Waals surface area contributed by atoms with E-state index in [0.29, 0.717) is 4.90 Å². The first kappa shape index (κ1) is 15.3. The van der Waals surface area contributed by atoms with E-state index in [1.807, 2.05) is 19.1 Å². The molecule has 112 valence electrons. The molecule has 2 rings (SSSR count). The predicted molar refractivity (Wildman–Crippen MR) is 81.0 cm³/mol. The highest BCUT2D eigenvalue weighted by molar-refractivity contribution is 7.91. The van der Waals surface area contributed by atoms with Gasteiger partial charge in [0.25, 0.3) is 0 Å². The first-order valence-electron chi connectivity index (χ1n) is 7.26. The topological polar surface area (TPSA) is 46.6 Å². The number of sulfone groups is 1. The predicted octanol–water partition coefficient (Wildman–Crippen LogP) is 2.49. The number of piperidine rings is 1. The van der Waals surface area contributed by atoms with Crippen molar-refractivity contribution >= 4 is 15.5 Å². The van der Waals surface area contributed by atoms with Gasteiger partial charge in [-0.2, -0.15) is 0 Å². The van der Waals surface area contributed by atoms with Gasteiger partial charge in [-0.1, -0.05) is 6.92 Å². The van der Waals surface area contributed by atoms with Crippen LogP contribution in [-0.2, 0) is 14.6 Å². The Kier molecular flexibility index (Phi) is 5.05. The van der Waals surface area contributed by atoms with E-state index in [1.165, 1.54) is 0 Å². The molecule has 1 aromatic carbocycles. The number of hydrogen-bond donors (Lipinski definition) is 0. The third-order valence-corrected chi connectivity index (χ3v) is 5.47. The van der Waals surface area contributed by atoms with Crippen LogP contribution in [0.2, 0.25) is 0 Å². The van der Waals surface area contributed by atoms with Crippen LogP contribution in [0.3, 0.4) is 0 Å². The Morgan fingerprint density at radius 1 is 1.25 bits per heavy atom. The van der Waals surface area contributed by atoms with Crippen molar-refractivity contribution in [2.75, 3.05) is 30.3 Å². The van der Waals surface area contributed by atoms with Crippen LogP contribution >= 0.6 is 0 Å². The number of benzene rings is 1. The second kappa shape index (κ2) is 6.59. The van der Waals surface area contributed by atoms with Crippen LogP contribution in [0.1, 0.15) is 26.7 Å². The number of ether oxygens (including phenoxy) is 1. The summed E-state index contributed by atoms with van der Waals surface area (Å²) in [6, 6.07) is 7.21. The summed E-state index contributed by atoms with van der Waals surface area (Å²) in [4.78, 5) is 2.67. The van der Waals surface area contributed by atoms with Gasteiger partial charge in [-0.3, -0.25) is 0 Å². The summed E-state index contributed by atoms with van der Waals surface area (Å²) in [5.41, 5.74) is 1.07. The summed E-state index contributed by atoms with van der Waals surface area (Å²) in [7, 11) is -3.11. The van der Waals surface area contributed by atoms with Crippen LogP contribution in [0.15, 0.2) is 29.2 Å². The van der Waals surface area contributed by atoms with Crippen molar-refractivity contribution in [1.82, 2.24) is 0 Å². The molecule has 0 amide bonds. The van der Waals surface area contributed by atoms with Crippen molar-refractivity contribution in [3.8, 4) is 0 Å². The van der Waals surface area contributed by atoms with Gasteiger partial charge < -0.3 is 9.64 Å². The van der Waals surface area contributed by atoms with Crippen molar-refractivity contribution in [2.24, 2.45) is 0 Å². The molecule has 1 aliphatic rings. The highest BCUT2D eigenvalue weighted by Gasteiger charge is 2.20. The standard InChI is InChI=1S/C15H23NO3S/c1-3-19-14-6-5-11-16(12-14)13-7-9-15(10-8-13)20(17,18)4-2/h7-10,14H,3-6,11-12H2,1-2H3/t14-/m0/s1. The maximum Gasteiger partial charge on any atom is 0.178 e. The highest BCUT2D eigenvalue weighted by atomic mass is 32.2. The summed E-state index contributed by atoms with van der Waals surface area (Å²) in [5, 5.41) is 0. The molecule has 0 bridgehead atoms. The summed E-state index contributed by atoms with van der Waals surface area (Å²) in [5.74, 6) is 0.141. The van der Waals surface area contributed by atoms with Crippen LogP contribution in [-0.4, -0.2) is 40.0 Å². The fourth-order valence-electron chi connectivity index (χ4n) is 2.58. The third kappa shape index (κ3) is 3.52. The van der Waals surface area contributed by atoms with Crippen molar-refractivity contribution < 1.29 is 13.2 Å². The Bertz CT molecular complexity index is 523. The molecular weight excluding hydrogens is 274 g/mol. The lowest BCUT2D eigenvalue weighted by Gasteiger charge is -2.34. The van der Waals surface area contributed by atoms with Crippen molar-refractivity contribution in [3.05, 3.63) is 24.3 Å². The maximum atomic E-state index is 11.8. The molecule has 1 atom stereocenters. The normalized spacial score (nSPS) is 20.1. The van der Waals surface area contributed by atoms with Gasteiger partial charge in [-0.25, -0.2) is 8.42 Å². The van der Waals surface area contributed by atoms with Gasteiger partial charge in [-0.05, 0) is 44.0 Å². The summed E-state index contributed by atoms with van der Waals surface area (Å²) in [6.45, 7) is 6.31. The monoisotopic (exact) mass is 297 g/mol. The van der Waals surface area contributed by atoms with Gasteiger partial charge in [0.05, 0.1) is 16.8 Å². The molecule has 0 N–H and O–H groups in total. The Morgan fingerprint density at radius 3 is 2.55 bits per heavy atom. The van der Waals surface area contributed by atoms with Crippen LogP contribution in [0, 0.1) is 0 Å². The van der Waals surface area contributed by atoms with E-state index in [1.54, 1.807) is 19.1 Å². The molecule has 1 aliphatic heterocycles. The van der Waals surface area contributed by atoms with Crippen LogP contribution < -0.4 is 4.90 Å². The Morgan fingerprint density at radius 2 is 1.95 bits per heavy atom. The molecule has 0 radical (unpaired) electrons. The molecule has 1 aromatic rings. The largest absolute Gasteiger partial charge is 0.377 e. The van der Waals surface area contributed by atoms with Crippen molar-refractivity contribution in [2.45, 2.75) is 37.7 Å². The smallest absolute Gasteiger partial charge is 0.178 e. The van der Waals surface area contributed by atoms with Crippen LogP contribution in [0.25, 0.3) is 0 Å². The van der Waals surface area contributed by atoms with Gasteiger partial charge in [0.2, 0.25) is 0 Å². The quantitative estimate of drug-likeness (QED) is 0.837. The second-order valence-electron chi connectivity index (χ2n) is 5.06. The molecule has 0 aliphatic carbocycles. The summed E-state index contributed by atoms with van der Waals surface area (Å²) < 4.78 is 29.3. The lowest BCUT2D eigenvalue weighted by molar-refractivity contribution is 0.0527. The van der Waals surface area contributed by atoms with E-state index in [0.717, 1.165) is 38.2 Å². The molecule has 0 unspecified atom stereocenters. The molecule has 5 heteroatoms. The van der Waals surface area contributed by atoms with Gasteiger partial charge >= 0.3 is 0 Å². The highest BCUT2D eigenvalue weighted by Crippen LogP contribution is 2.23.